The van der Waals surface area contributed by atoms with Gasteiger partial charge in [-0.15, -0.1) is 0 Å². The lowest BCUT2D eigenvalue weighted by Crippen LogP contribution is -3.00. The van der Waals surface area contributed by atoms with Crippen LogP contribution in [-0.4, -0.2) is 20.7 Å². The van der Waals surface area contributed by atoms with Gasteiger partial charge in [0, 0.05) is 6.07 Å². The number of carbonyl (C=O) groups is 1. The first-order chi connectivity index (χ1) is 13.1. The van der Waals surface area contributed by atoms with E-state index in [1.54, 1.807) is 12.1 Å². The minimum Gasteiger partial charge on any atom is -1.00 e. The second kappa shape index (κ2) is 8.10. The van der Waals surface area contributed by atoms with Crippen molar-refractivity contribution >= 4 is 22.6 Å². The van der Waals surface area contributed by atoms with Crippen LogP contribution in [0.4, 0.5) is 0 Å². The predicted molar refractivity (Wildman–Crippen MR) is 104 cm³/mol. The minimum atomic E-state index is -0.905. The Labute approximate surface area is 174 Å². The highest BCUT2D eigenvalue weighted by Gasteiger charge is 2.22. The van der Waals surface area contributed by atoms with Crippen LogP contribution in [0.1, 0.15) is 41.0 Å². The molecule has 0 saturated heterocycles. The molecule has 2 heterocycles. The Morgan fingerprint density at radius 2 is 1.79 bits per heavy atom. The number of aromatic nitrogens is 3. The summed E-state index contributed by atoms with van der Waals surface area (Å²) in [5.74, 6) is -0.905. The number of para-hydroxylation sites is 2. The van der Waals surface area contributed by atoms with E-state index in [4.69, 9.17) is 10.2 Å². The minimum absolute atomic E-state index is 0. The van der Waals surface area contributed by atoms with Crippen molar-refractivity contribution in [1.29, 1.82) is 0 Å². The van der Waals surface area contributed by atoms with Gasteiger partial charge in [0.05, 0.1) is 11.3 Å². The summed E-state index contributed by atoms with van der Waals surface area (Å²) in [5, 5.41) is 14.0. The van der Waals surface area contributed by atoms with Gasteiger partial charge in [-0.05, 0) is 48.2 Å². The van der Waals surface area contributed by atoms with Crippen molar-refractivity contribution in [3.63, 3.8) is 0 Å². The van der Waals surface area contributed by atoms with Crippen LogP contribution in [0, 0.1) is 0 Å². The lowest BCUT2D eigenvalue weighted by molar-refractivity contribution is -0.636. The quantitative estimate of drug-likeness (QED) is 0.464. The van der Waals surface area contributed by atoms with Gasteiger partial charge in [0.1, 0.15) is 6.54 Å². The first-order valence-electron chi connectivity index (χ1n) is 9.26. The molecule has 0 unspecified atom stereocenters. The summed E-state index contributed by atoms with van der Waals surface area (Å²) >= 11 is 0. The van der Waals surface area contributed by atoms with Gasteiger partial charge in [-0.25, -0.2) is 9.36 Å². The van der Waals surface area contributed by atoms with E-state index in [9.17, 15) is 4.79 Å². The molecule has 2 aromatic carbocycles. The highest BCUT2D eigenvalue weighted by Crippen LogP contribution is 2.18. The molecule has 4 rings (SSSR count). The van der Waals surface area contributed by atoms with Crippen molar-refractivity contribution in [2.75, 3.05) is 0 Å². The second-order valence-electron chi connectivity index (χ2n) is 6.67. The van der Waals surface area contributed by atoms with Crippen LogP contribution in [0.25, 0.3) is 16.7 Å². The number of fused-ring (bicyclic) bond motifs is 3. The van der Waals surface area contributed by atoms with E-state index in [2.05, 4.69) is 36.6 Å². The fourth-order valence-corrected chi connectivity index (χ4v) is 3.61. The van der Waals surface area contributed by atoms with Crippen molar-refractivity contribution in [2.24, 2.45) is 0 Å². The van der Waals surface area contributed by atoms with Crippen LogP contribution >= 0.6 is 0 Å². The number of aryl methyl sites for hydroxylation is 2. The van der Waals surface area contributed by atoms with Crippen molar-refractivity contribution in [3.8, 4) is 0 Å². The lowest BCUT2D eigenvalue weighted by atomic mass is 10.1. The highest BCUT2D eigenvalue weighted by molar-refractivity contribution is 5.87. The number of carboxylic acids is 1. The van der Waals surface area contributed by atoms with Crippen molar-refractivity contribution < 1.29 is 31.4 Å². The maximum Gasteiger partial charge on any atom is 0.335 e. The van der Waals surface area contributed by atoms with Gasteiger partial charge in [0.15, 0.2) is 5.52 Å². The first kappa shape index (κ1) is 20.0. The van der Waals surface area contributed by atoms with E-state index in [1.807, 2.05) is 28.8 Å². The zero-order valence-electron chi connectivity index (χ0n) is 15.9. The first-order valence-corrected chi connectivity index (χ1v) is 9.26. The molecule has 0 saturated carbocycles. The van der Waals surface area contributed by atoms with Gasteiger partial charge in [-0.1, -0.05) is 47.7 Å². The standard InChI is InChI=1S/C22H21N3O2.BrH/c1-3-16-13-21-24(14-15-9-11-17(12-10-15)22(26)27)19-7-5-6-8-20(19)25(21)23-18(16)4-2;/h5-13H,3-4,14H2,1-2H3;1H. The molecular formula is C22H22BrN3O2. The van der Waals surface area contributed by atoms with E-state index in [0.717, 1.165) is 40.8 Å². The predicted octanol–water partition coefficient (Wildman–Crippen LogP) is 0.650. The Balaban J connectivity index is 0.00000225. The summed E-state index contributed by atoms with van der Waals surface area (Å²) in [6.07, 6.45) is 1.85. The van der Waals surface area contributed by atoms with Crippen LogP contribution < -0.4 is 21.5 Å². The number of carboxylic acid groups (broad SMARTS) is 1. The second-order valence-corrected chi connectivity index (χ2v) is 6.67. The number of hydrogen-bond acceptors (Lipinski definition) is 2. The van der Waals surface area contributed by atoms with E-state index in [-0.39, 0.29) is 17.0 Å². The molecule has 6 heteroatoms. The van der Waals surface area contributed by atoms with E-state index in [1.165, 1.54) is 5.56 Å². The molecule has 0 radical (unpaired) electrons. The summed E-state index contributed by atoms with van der Waals surface area (Å²) in [5.41, 5.74) is 6.99. The number of aromatic carboxylic acids is 1. The van der Waals surface area contributed by atoms with Gasteiger partial charge in [0.25, 0.3) is 0 Å². The van der Waals surface area contributed by atoms with Crippen molar-refractivity contribution in [3.05, 3.63) is 77.0 Å². The molecule has 0 bridgehead atoms. The molecule has 0 atom stereocenters. The third-order valence-corrected chi connectivity index (χ3v) is 5.05. The molecule has 28 heavy (non-hydrogen) atoms. The fraction of sp³-hybridized carbons (Fsp3) is 0.227. The molecule has 2 aromatic heterocycles. The summed E-state index contributed by atoms with van der Waals surface area (Å²) in [6.45, 7) is 4.95. The van der Waals surface area contributed by atoms with Crippen molar-refractivity contribution in [1.82, 2.24) is 9.61 Å². The number of halogens is 1. The summed E-state index contributed by atoms with van der Waals surface area (Å²) in [4.78, 5) is 11.1. The Hall–Kier alpha value is -2.73. The molecular weight excluding hydrogens is 418 g/mol. The van der Waals surface area contributed by atoms with Crippen LogP contribution in [0.2, 0.25) is 0 Å². The average molecular weight is 440 g/mol. The number of imidazole rings is 1. The van der Waals surface area contributed by atoms with Crippen LogP contribution in [0.5, 0.6) is 0 Å². The summed E-state index contributed by atoms with van der Waals surface area (Å²) in [7, 11) is 0. The van der Waals surface area contributed by atoms with Crippen molar-refractivity contribution in [2.45, 2.75) is 33.2 Å². The van der Waals surface area contributed by atoms with Crippen LogP contribution in [-0.2, 0) is 19.4 Å². The molecule has 0 aliphatic heterocycles. The topological polar surface area (TPSA) is 58.5 Å². The smallest absolute Gasteiger partial charge is 0.335 e. The largest absolute Gasteiger partial charge is 1.00 e. The Bertz CT molecular complexity index is 1150. The number of nitrogens with zero attached hydrogens (tertiary/aromatic N) is 3. The Morgan fingerprint density at radius 1 is 1.07 bits per heavy atom. The summed E-state index contributed by atoms with van der Waals surface area (Å²) < 4.78 is 4.27. The molecule has 5 nitrogen and oxygen atoms in total. The van der Waals surface area contributed by atoms with Gasteiger partial charge in [0.2, 0.25) is 5.52 Å². The normalized spacial score (nSPS) is 10.9. The molecule has 1 N–H and O–H groups in total. The highest BCUT2D eigenvalue weighted by atomic mass is 79.9. The molecule has 144 valence electrons. The molecule has 0 spiro atoms. The van der Waals surface area contributed by atoms with E-state index in [0.29, 0.717) is 12.1 Å². The molecule has 4 aromatic rings. The molecule has 0 fully saturated rings. The zero-order chi connectivity index (χ0) is 19.0. The summed E-state index contributed by atoms with van der Waals surface area (Å²) in [6, 6.07) is 17.6. The average Bonchev–Trinajstić information content (AvgIpc) is 3.00. The van der Waals surface area contributed by atoms with Gasteiger partial charge in [-0.2, -0.15) is 0 Å². The fourth-order valence-electron chi connectivity index (χ4n) is 3.61. The van der Waals surface area contributed by atoms with Gasteiger partial charge >= 0.3 is 11.6 Å². The zero-order valence-corrected chi connectivity index (χ0v) is 17.5. The third kappa shape index (κ3) is 3.40. The lowest BCUT2D eigenvalue weighted by Gasteiger charge is -2.04. The number of rotatable bonds is 5. The molecule has 0 aliphatic carbocycles. The van der Waals surface area contributed by atoms with Crippen LogP contribution in [0.3, 0.4) is 0 Å². The molecule has 0 amide bonds. The van der Waals surface area contributed by atoms with Crippen LogP contribution in [0.15, 0.2) is 54.6 Å². The van der Waals surface area contributed by atoms with Gasteiger partial charge in [-0.3, -0.25) is 0 Å². The third-order valence-electron chi connectivity index (χ3n) is 5.05. The Morgan fingerprint density at radius 3 is 2.43 bits per heavy atom. The van der Waals surface area contributed by atoms with E-state index >= 15 is 0 Å². The Kier molecular flexibility index (Phi) is 5.79. The maximum absolute atomic E-state index is 11.1. The maximum atomic E-state index is 11.1. The SMILES string of the molecule is CCc1cc2n(nc1CC)c1ccccc1[n+]2Cc1ccc(C(=O)O)cc1.[Br-]. The number of benzene rings is 2. The van der Waals surface area contributed by atoms with E-state index < -0.39 is 5.97 Å². The van der Waals surface area contributed by atoms with Gasteiger partial charge < -0.3 is 22.1 Å². The molecule has 0 aliphatic rings. The number of hydrogen-bond donors (Lipinski definition) is 1. The monoisotopic (exact) mass is 439 g/mol.